The second-order valence-electron chi connectivity index (χ2n) is 7.40. The van der Waals surface area contributed by atoms with Gasteiger partial charge in [0.05, 0.1) is 5.69 Å². The summed E-state index contributed by atoms with van der Waals surface area (Å²) in [7, 11) is 2.06. The highest BCUT2D eigenvalue weighted by Gasteiger charge is 2.27. The van der Waals surface area contributed by atoms with Gasteiger partial charge >= 0.3 is 6.09 Å². The number of amides is 1. The Labute approximate surface area is 149 Å². The molecule has 0 aliphatic carbocycles. The fourth-order valence-corrected chi connectivity index (χ4v) is 3.01. The number of nitrogens with zero attached hydrogens (tertiary/aromatic N) is 4. The molecule has 0 bridgehead atoms. The summed E-state index contributed by atoms with van der Waals surface area (Å²) in [6, 6.07) is 0. The van der Waals surface area contributed by atoms with Crippen molar-refractivity contribution in [1.29, 1.82) is 0 Å². The number of hydrogen-bond acceptors (Lipinski definition) is 5. The fourth-order valence-electron chi connectivity index (χ4n) is 2.84. The molecule has 0 unspecified atom stereocenters. The van der Waals surface area contributed by atoms with Crippen LogP contribution in [-0.2, 0) is 11.3 Å². The van der Waals surface area contributed by atoms with Crippen molar-refractivity contribution >= 4 is 17.7 Å². The average molecular weight is 355 g/mol. The van der Waals surface area contributed by atoms with Gasteiger partial charge in [-0.3, -0.25) is 4.98 Å². The largest absolute Gasteiger partial charge is 0.444 e. The zero-order chi connectivity index (χ0) is 17.7. The zero-order valence-corrected chi connectivity index (χ0v) is 15.7. The Morgan fingerprint density at radius 2 is 1.96 bits per heavy atom. The van der Waals surface area contributed by atoms with Gasteiger partial charge in [-0.2, -0.15) is 0 Å². The van der Waals surface area contributed by atoms with E-state index in [4.69, 9.17) is 16.3 Å². The highest BCUT2D eigenvalue weighted by molar-refractivity contribution is 6.29. The van der Waals surface area contributed by atoms with Crippen LogP contribution in [0.1, 0.15) is 39.3 Å². The van der Waals surface area contributed by atoms with Crippen LogP contribution in [0.15, 0.2) is 12.4 Å². The van der Waals surface area contributed by atoms with Gasteiger partial charge in [0.15, 0.2) is 5.15 Å². The van der Waals surface area contributed by atoms with E-state index in [1.54, 1.807) is 17.3 Å². The van der Waals surface area contributed by atoms with Crippen LogP contribution in [0.4, 0.5) is 4.79 Å². The third-order valence-corrected chi connectivity index (χ3v) is 4.29. The molecule has 0 spiro atoms. The van der Waals surface area contributed by atoms with Crippen molar-refractivity contribution in [3.8, 4) is 0 Å². The van der Waals surface area contributed by atoms with Gasteiger partial charge in [-0.05, 0) is 46.6 Å². The standard InChI is InChI=1S/C17H27ClN4O2/c1-17(2,3)24-16(23)22-9-5-13(6-10-22)11-21(4)12-14-15(18)20-8-7-19-14/h7-8,13H,5-6,9-12H2,1-4H3. The summed E-state index contributed by atoms with van der Waals surface area (Å²) in [5.41, 5.74) is 0.359. The lowest BCUT2D eigenvalue weighted by Gasteiger charge is -2.34. The first kappa shape index (κ1) is 18.9. The van der Waals surface area contributed by atoms with Crippen molar-refractivity contribution in [1.82, 2.24) is 19.8 Å². The van der Waals surface area contributed by atoms with Crippen LogP contribution in [0.5, 0.6) is 0 Å². The normalized spacial score (nSPS) is 16.5. The van der Waals surface area contributed by atoms with E-state index >= 15 is 0 Å². The molecule has 7 heteroatoms. The SMILES string of the molecule is CN(Cc1nccnc1Cl)CC1CCN(C(=O)OC(C)(C)C)CC1. The summed E-state index contributed by atoms with van der Waals surface area (Å²) in [5.74, 6) is 0.559. The van der Waals surface area contributed by atoms with Crippen molar-refractivity contribution in [2.75, 3.05) is 26.7 Å². The van der Waals surface area contributed by atoms with Crippen LogP contribution in [0, 0.1) is 5.92 Å². The Balaban J connectivity index is 1.76. The van der Waals surface area contributed by atoms with E-state index in [9.17, 15) is 4.79 Å². The number of hydrogen-bond donors (Lipinski definition) is 0. The number of rotatable bonds is 4. The van der Waals surface area contributed by atoms with Crippen molar-refractivity contribution < 1.29 is 9.53 Å². The predicted octanol–water partition coefficient (Wildman–Crippen LogP) is 3.21. The summed E-state index contributed by atoms with van der Waals surface area (Å²) in [6.45, 7) is 8.81. The van der Waals surface area contributed by atoms with Gasteiger partial charge < -0.3 is 14.5 Å². The van der Waals surface area contributed by atoms with Gasteiger partial charge in [0, 0.05) is 38.6 Å². The molecule has 0 atom stereocenters. The van der Waals surface area contributed by atoms with Crippen LogP contribution in [0.25, 0.3) is 0 Å². The van der Waals surface area contributed by atoms with E-state index < -0.39 is 5.60 Å². The third kappa shape index (κ3) is 5.91. The maximum absolute atomic E-state index is 12.1. The Hall–Kier alpha value is -1.40. The number of piperidine rings is 1. The first-order valence-corrected chi connectivity index (χ1v) is 8.74. The van der Waals surface area contributed by atoms with Crippen LogP contribution >= 0.6 is 11.6 Å². The molecule has 6 nitrogen and oxygen atoms in total. The monoisotopic (exact) mass is 354 g/mol. The second-order valence-corrected chi connectivity index (χ2v) is 7.76. The van der Waals surface area contributed by atoms with Gasteiger partial charge in [-0.25, -0.2) is 9.78 Å². The van der Waals surface area contributed by atoms with Crippen molar-refractivity contribution in [2.24, 2.45) is 5.92 Å². The molecule has 0 aromatic carbocycles. The summed E-state index contributed by atoms with van der Waals surface area (Å²) >= 11 is 6.06. The predicted molar refractivity (Wildman–Crippen MR) is 93.9 cm³/mol. The maximum Gasteiger partial charge on any atom is 0.410 e. The second kappa shape index (κ2) is 8.12. The minimum Gasteiger partial charge on any atom is -0.444 e. The highest BCUT2D eigenvalue weighted by atomic mass is 35.5. The summed E-state index contributed by atoms with van der Waals surface area (Å²) in [6.07, 6.45) is 5.02. The van der Waals surface area contributed by atoms with Crippen LogP contribution in [0.2, 0.25) is 5.15 Å². The summed E-state index contributed by atoms with van der Waals surface area (Å²) < 4.78 is 5.43. The van der Waals surface area contributed by atoms with Crippen molar-refractivity contribution in [2.45, 2.75) is 45.8 Å². The molecule has 1 aromatic rings. The lowest BCUT2D eigenvalue weighted by molar-refractivity contribution is 0.0172. The van der Waals surface area contributed by atoms with Crippen molar-refractivity contribution in [3.63, 3.8) is 0 Å². The quantitative estimate of drug-likeness (QED) is 0.831. The average Bonchev–Trinajstić information content (AvgIpc) is 2.48. The minimum atomic E-state index is -0.440. The van der Waals surface area contributed by atoms with Crippen LogP contribution in [0.3, 0.4) is 0 Å². The molecule has 2 rings (SSSR count). The molecule has 0 radical (unpaired) electrons. The number of ether oxygens (including phenoxy) is 1. The molecule has 0 N–H and O–H groups in total. The first-order chi connectivity index (χ1) is 11.2. The van der Waals surface area contributed by atoms with Gasteiger partial charge in [0.1, 0.15) is 5.60 Å². The van der Waals surface area contributed by atoms with Crippen LogP contribution < -0.4 is 0 Å². The van der Waals surface area contributed by atoms with Gasteiger partial charge in [-0.1, -0.05) is 11.6 Å². The lowest BCUT2D eigenvalue weighted by atomic mass is 9.96. The van der Waals surface area contributed by atoms with Gasteiger partial charge in [0.2, 0.25) is 0 Å². The zero-order valence-electron chi connectivity index (χ0n) is 15.0. The molecule has 2 heterocycles. The lowest BCUT2D eigenvalue weighted by Crippen LogP contribution is -2.43. The molecule has 1 aromatic heterocycles. The van der Waals surface area contributed by atoms with Gasteiger partial charge in [0.25, 0.3) is 0 Å². The molecule has 1 saturated heterocycles. The Morgan fingerprint density at radius 3 is 2.54 bits per heavy atom. The molecule has 1 amide bonds. The van der Waals surface area contributed by atoms with E-state index in [0.29, 0.717) is 17.6 Å². The van der Waals surface area contributed by atoms with E-state index in [-0.39, 0.29) is 6.09 Å². The maximum atomic E-state index is 12.1. The molecular formula is C17H27ClN4O2. The van der Waals surface area contributed by atoms with E-state index in [2.05, 4.69) is 21.9 Å². The smallest absolute Gasteiger partial charge is 0.410 e. The molecular weight excluding hydrogens is 328 g/mol. The molecule has 0 saturated carbocycles. The Kier molecular flexibility index (Phi) is 6.40. The molecule has 24 heavy (non-hydrogen) atoms. The molecule has 1 aliphatic rings. The third-order valence-electron chi connectivity index (χ3n) is 3.98. The molecule has 134 valence electrons. The van der Waals surface area contributed by atoms with Crippen molar-refractivity contribution in [3.05, 3.63) is 23.2 Å². The van der Waals surface area contributed by atoms with E-state index in [1.807, 2.05) is 20.8 Å². The summed E-state index contributed by atoms with van der Waals surface area (Å²) in [5, 5.41) is 0.462. The van der Waals surface area contributed by atoms with Crippen LogP contribution in [-0.4, -0.2) is 58.1 Å². The minimum absolute atomic E-state index is 0.208. The topological polar surface area (TPSA) is 58.6 Å². The number of halogens is 1. The van der Waals surface area contributed by atoms with E-state index in [1.165, 1.54) is 0 Å². The summed E-state index contributed by atoms with van der Waals surface area (Å²) in [4.78, 5) is 24.4. The number of carbonyl (C=O) groups excluding carboxylic acids is 1. The molecule has 1 aliphatic heterocycles. The Morgan fingerprint density at radius 1 is 1.33 bits per heavy atom. The van der Waals surface area contributed by atoms with Gasteiger partial charge in [-0.15, -0.1) is 0 Å². The highest BCUT2D eigenvalue weighted by Crippen LogP contribution is 2.21. The number of carbonyl (C=O) groups is 1. The number of aromatic nitrogens is 2. The Bertz CT molecular complexity index is 554. The molecule has 1 fully saturated rings. The first-order valence-electron chi connectivity index (χ1n) is 8.36. The fraction of sp³-hybridized carbons (Fsp3) is 0.706. The number of likely N-dealkylation sites (tertiary alicyclic amines) is 1. The van der Waals surface area contributed by atoms with E-state index in [0.717, 1.165) is 38.2 Å².